The van der Waals surface area contributed by atoms with Crippen molar-refractivity contribution in [3.8, 4) is 0 Å². The molecule has 19 heavy (non-hydrogen) atoms. The lowest BCUT2D eigenvalue weighted by atomic mass is 10.1. The summed E-state index contributed by atoms with van der Waals surface area (Å²) in [5.41, 5.74) is 1.52. The smallest absolute Gasteiger partial charge is 0.192 e. The van der Waals surface area contributed by atoms with Crippen LogP contribution in [0.15, 0.2) is 28.7 Å². The molecule has 0 atom stereocenters. The van der Waals surface area contributed by atoms with Gasteiger partial charge in [-0.25, -0.2) is 0 Å². The standard InChI is InChI=1S/C16H25BrOSi/c1-15(2,3)19(4,5)18-16(10-11-16)12-13-6-8-14(17)9-7-13/h6-9H,10-12H2,1-5H3. The Hall–Kier alpha value is -0.123. The first-order valence-electron chi connectivity index (χ1n) is 7.08. The molecule has 1 saturated carbocycles. The summed E-state index contributed by atoms with van der Waals surface area (Å²) < 4.78 is 7.81. The van der Waals surface area contributed by atoms with Crippen molar-refractivity contribution >= 4 is 24.2 Å². The van der Waals surface area contributed by atoms with Crippen LogP contribution in [-0.2, 0) is 10.8 Å². The van der Waals surface area contributed by atoms with E-state index in [1.165, 1.54) is 18.4 Å². The Kier molecular flexibility index (Phi) is 4.03. The first-order valence-corrected chi connectivity index (χ1v) is 10.8. The molecule has 0 aliphatic heterocycles. The average Bonchev–Trinajstić information content (AvgIpc) is 2.99. The normalized spacial score (nSPS) is 18.4. The van der Waals surface area contributed by atoms with E-state index < -0.39 is 8.32 Å². The highest BCUT2D eigenvalue weighted by Gasteiger charge is 2.51. The van der Waals surface area contributed by atoms with Crippen LogP contribution in [0.3, 0.4) is 0 Å². The summed E-state index contributed by atoms with van der Waals surface area (Å²) in [5, 5.41) is 0.294. The molecule has 0 heterocycles. The van der Waals surface area contributed by atoms with Crippen molar-refractivity contribution in [2.45, 2.75) is 63.8 Å². The van der Waals surface area contributed by atoms with E-state index in [9.17, 15) is 0 Å². The first kappa shape index (κ1) is 15.3. The molecule has 1 aromatic carbocycles. The van der Waals surface area contributed by atoms with Gasteiger partial charge in [-0.05, 0) is 48.7 Å². The second kappa shape index (κ2) is 5.01. The topological polar surface area (TPSA) is 9.23 Å². The zero-order valence-electron chi connectivity index (χ0n) is 12.7. The molecule has 1 aliphatic rings. The summed E-state index contributed by atoms with van der Waals surface area (Å²) in [6.07, 6.45) is 3.50. The van der Waals surface area contributed by atoms with Gasteiger partial charge in [0.25, 0.3) is 0 Å². The van der Waals surface area contributed by atoms with Crippen LogP contribution in [0.25, 0.3) is 0 Å². The lowest BCUT2D eigenvalue weighted by Gasteiger charge is -2.39. The van der Waals surface area contributed by atoms with Crippen LogP contribution in [0.1, 0.15) is 39.2 Å². The third-order valence-corrected chi connectivity index (χ3v) is 9.61. The Morgan fingerprint density at radius 1 is 1.16 bits per heavy atom. The van der Waals surface area contributed by atoms with E-state index in [1.54, 1.807) is 0 Å². The van der Waals surface area contributed by atoms with Crippen LogP contribution in [0.4, 0.5) is 0 Å². The van der Waals surface area contributed by atoms with Crippen LogP contribution >= 0.6 is 15.9 Å². The number of hydrogen-bond donors (Lipinski definition) is 0. The van der Waals surface area contributed by atoms with Gasteiger partial charge in [0, 0.05) is 10.9 Å². The number of rotatable bonds is 4. The Morgan fingerprint density at radius 3 is 2.11 bits per heavy atom. The highest BCUT2D eigenvalue weighted by molar-refractivity contribution is 9.10. The molecule has 1 nitrogen and oxygen atoms in total. The molecule has 0 saturated heterocycles. The fourth-order valence-electron chi connectivity index (χ4n) is 2.12. The van der Waals surface area contributed by atoms with Gasteiger partial charge in [-0.3, -0.25) is 0 Å². The van der Waals surface area contributed by atoms with Crippen LogP contribution in [-0.4, -0.2) is 13.9 Å². The van der Waals surface area contributed by atoms with E-state index in [0.717, 1.165) is 10.9 Å². The Morgan fingerprint density at radius 2 is 1.68 bits per heavy atom. The van der Waals surface area contributed by atoms with Crippen LogP contribution in [0, 0.1) is 0 Å². The SMILES string of the molecule is CC(C)(C)[Si](C)(C)OC1(Cc2ccc(Br)cc2)CC1. The molecule has 2 rings (SSSR count). The van der Waals surface area contributed by atoms with Gasteiger partial charge in [-0.15, -0.1) is 0 Å². The molecule has 0 bridgehead atoms. The molecule has 3 heteroatoms. The van der Waals surface area contributed by atoms with Crippen LogP contribution < -0.4 is 0 Å². The average molecular weight is 341 g/mol. The summed E-state index contributed by atoms with van der Waals surface area (Å²) >= 11 is 3.49. The fraction of sp³-hybridized carbons (Fsp3) is 0.625. The predicted octanol–water partition coefficient (Wildman–Crippen LogP) is 5.55. The van der Waals surface area contributed by atoms with Gasteiger partial charge in [0.15, 0.2) is 8.32 Å². The van der Waals surface area contributed by atoms with Crippen molar-refractivity contribution in [3.05, 3.63) is 34.3 Å². The number of halogens is 1. The predicted molar refractivity (Wildman–Crippen MR) is 88.1 cm³/mol. The fourth-order valence-corrected chi connectivity index (χ4v) is 4.05. The molecule has 1 aliphatic carbocycles. The number of hydrogen-bond acceptors (Lipinski definition) is 1. The molecule has 0 radical (unpaired) electrons. The molecular formula is C16H25BrOSi. The highest BCUT2D eigenvalue weighted by Crippen LogP contribution is 2.49. The van der Waals surface area contributed by atoms with Gasteiger partial charge in [-0.2, -0.15) is 0 Å². The van der Waals surface area contributed by atoms with E-state index >= 15 is 0 Å². The summed E-state index contributed by atoms with van der Waals surface area (Å²) in [5.74, 6) is 0. The zero-order chi connectivity index (χ0) is 14.3. The van der Waals surface area contributed by atoms with Crippen molar-refractivity contribution < 1.29 is 4.43 Å². The molecule has 0 unspecified atom stereocenters. The van der Waals surface area contributed by atoms with Gasteiger partial charge >= 0.3 is 0 Å². The van der Waals surface area contributed by atoms with E-state index in [2.05, 4.69) is 74.1 Å². The molecule has 1 fully saturated rings. The summed E-state index contributed by atoms with van der Waals surface area (Å²) in [7, 11) is -1.65. The van der Waals surface area contributed by atoms with E-state index in [1.807, 2.05) is 0 Å². The van der Waals surface area contributed by atoms with Crippen LogP contribution in [0.5, 0.6) is 0 Å². The molecule has 0 spiro atoms. The molecule has 106 valence electrons. The Balaban J connectivity index is 2.06. The quantitative estimate of drug-likeness (QED) is 0.653. The summed E-state index contributed by atoms with van der Waals surface area (Å²) in [4.78, 5) is 0. The second-order valence-electron chi connectivity index (χ2n) is 7.35. The zero-order valence-corrected chi connectivity index (χ0v) is 15.3. The van der Waals surface area contributed by atoms with Crippen LogP contribution in [0.2, 0.25) is 18.1 Å². The maximum absolute atomic E-state index is 6.66. The highest BCUT2D eigenvalue weighted by atomic mass is 79.9. The Labute approximate surface area is 127 Å². The number of benzene rings is 1. The van der Waals surface area contributed by atoms with E-state index in [-0.39, 0.29) is 5.60 Å². The van der Waals surface area contributed by atoms with Gasteiger partial charge in [0.2, 0.25) is 0 Å². The third kappa shape index (κ3) is 3.70. The van der Waals surface area contributed by atoms with Gasteiger partial charge in [0.1, 0.15) is 0 Å². The lowest BCUT2D eigenvalue weighted by molar-refractivity contribution is 0.158. The van der Waals surface area contributed by atoms with Gasteiger partial charge in [-0.1, -0.05) is 48.8 Å². The lowest BCUT2D eigenvalue weighted by Crippen LogP contribution is -2.45. The Bertz CT molecular complexity index is 441. The third-order valence-electron chi connectivity index (χ3n) is 4.53. The van der Waals surface area contributed by atoms with Gasteiger partial charge in [0.05, 0.1) is 5.60 Å². The molecule has 0 amide bonds. The largest absolute Gasteiger partial charge is 0.411 e. The molecule has 0 N–H and O–H groups in total. The van der Waals surface area contributed by atoms with Crippen molar-refractivity contribution in [2.75, 3.05) is 0 Å². The van der Waals surface area contributed by atoms with Gasteiger partial charge < -0.3 is 4.43 Å². The van der Waals surface area contributed by atoms with Crippen molar-refractivity contribution in [1.29, 1.82) is 0 Å². The minimum atomic E-state index is -1.65. The molecule has 1 aromatic rings. The van der Waals surface area contributed by atoms with Crippen molar-refractivity contribution in [3.63, 3.8) is 0 Å². The van der Waals surface area contributed by atoms with E-state index in [0.29, 0.717) is 5.04 Å². The molecule has 0 aromatic heterocycles. The summed E-state index contributed by atoms with van der Waals surface area (Å²) in [6, 6.07) is 8.66. The van der Waals surface area contributed by atoms with E-state index in [4.69, 9.17) is 4.43 Å². The maximum atomic E-state index is 6.66. The first-order chi connectivity index (χ1) is 8.64. The maximum Gasteiger partial charge on any atom is 0.192 e. The van der Waals surface area contributed by atoms with Crippen molar-refractivity contribution in [2.24, 2.45) is 0 Å². The second-order valence-corrected chi connectivity index (χ2v) is 13.0. The minimum Gasteiger partial charge on any atom is -0.411 e. The summed E-state index contributed by atoms with van der Waals surface area (Å²) in [6.45, 7) is 11.7. The van der Waals surface area contributed by atoms with Crippen molar-refractivity contribution in [1.82, 2.24) is 0 Å². The molecular weight excluding hydrogens is 316 g/mol. The minimum absolute atomic E-state index is 0.136. The monoisotopic (exact) mass is 340 g/mol.